The number of hydrogen-bond donors (Lipinski definition) is 1. The first-order valence-corrected chi connectivity index (χ1v) is 12.0. The summed E-state index contributed by atoms with van der Waals surface area (Å²) in [4.78, 5) is 15.0. The number of sulfonamides is 1. The molecule has 158 valence electrons. The highest BCUT2D eigenvalue weighted by Gasteiger charge is 2.32. The molecule has 4 rings (SSSR count). The van der Waals surface area contributed by atoms with Gasteiger partial charge in [0.1, 0.15) is 10.7 Å². The van der Waals surface area contributed by atoms with E-state index in [0.29, 0.717) is 35.0 Å². The summed E-state index contributed by atoms with van der Waals surface area (Å²) in [6.45, 7) is 2.72. The lowest BCUT2D eigenvalue weighted by molar-refractivity contribution is 0.0935. The lowest BCUT2D eigenvalue weighted by Gasteiger charge is -2.29. The lowest BCUT2D eigenvalue weighted by atomic mass is 10.0. The van der Waals surface area contributed by atoms with Crippen molar-refractivity contribution >= 4 is 39.1 Å². The summed E-state index contributed by atoms with van der Waals surface area (Å²) < 4.78 is 29.6. The molecule has 0 unspecified atom stereocenters. The summed E-state index contributed by atoms with van der Waals surface area (Å²) in [6, 6.07) is 12.0. The van der Waals surface area contributed by atoms with Crippen LogP contribution in [-0.4, -0.2) is 26.7 Å². The van der Waals surface area contributed by atoms with Crippen molar-refractivity contribution in [2.45, 2.75) is 50.0 Å². The van der Waals surface area contributed by atoms with Crippen molar-refractivity contribution in [2.75, 3.05) is 11.4 Å². The standard InChI is InChI=1S/C22H24ClN3O3S/c1-2-18(15-7-10-17(23)11-8-15)24-22(27)16-9-12-19-20(14-16)30(28,29)25-21-6-4-3-5-13-26(19)21/h7-12,14,18H,2-6,13H2,1H3,(H,24,27)/t18-/m0/s1. The van der Waals surface area contributed by atoms with E-state index < -0.39 is 10.0 Å². The molecule has 1 amide bonds. The third-order valence-corrected chi connectivity index (χ3v) is 7.18. The van der Waals surface area contributed by atoms with Crippen LogP contribution in [0.5, 0.6) is 0 Å². The van der Waals surface area contributed by atoms with Crippen LogP contribution in [0.3, 0.4) is 0 Å². The molecular formula is C22H24ClN3O3S. The molecule has 0 spiro atoms. The molecule has 1 saturated heterocycles. The molecule has 0 radical (unpaired) electrons. The summed E-state index contributed by atoms with van der Waals surface area (Å²) in [5.41, 5.74) is 1.86. The fourth-order valence-corrected chi connectivity index (χ4v) is 5.39. The number of nitrogens with zero attached hydrogens (tertiary/aromatic N) is 2. The van der Waals surface area contributed by atoms with Crippen LogP contribution in [0.2, 0.25) is 5.02 Å². The zero-order valence-corrected chi connectivity index (χ0v) is 18.3. The van der Waals surface area contributed by atoms with Gasteiger partial charge in [-0.2, -0.15) is 8.42 Å². The summed E-state index contributed by atoms with van der Waals surface area (Å²) in [5, 5.41) is 3.63. The van der Waals surface area contributed by atoms with Crippen LogP contribution >= 0.6 is 11.6 Å². The average Bonchev–Trinajstić information content (AvgIpc) is 2.97. The SMILES string of the molecule is CC[C@H](NC(=O)c1ccc2c(c1)S(=O)(=O)N=C1CCCCCN12)c1ccc(Cl)cc1. The van der Waals surface area contributed by atoms with E-state index in [-0.39, 0.29) is 16.8 Å². The zero-order chi connectivity index (χ0) is 21.3. The van der Waals surface area contributed by atoms with Crippen LogP contribution in [-0.2, 0) is 10.0 Å². The van der Waals surface area contributed by atoms with Crippen molar-refractivity contribution in [1.82, 2.24) is 5.32 Å². The van der Waals surface area contributed by atoms with Gasteiger partial charge in [-0.15, -0.1) is 4.40 Å². The summed E-state index contributed by atoms with van der Waals surface area (Å²) in [5.74, 6) is 0.284. The predicted molar refractivity (Wildman–Crippen MR) is 119 cm³/mol. The van der Waals surface area contributed by atoms with Gasteiger partial charge < -0.3 is 10.2 Å². The van der Waals surface area contributed by atoms with E-state index in [9.17, 15) is 13.2 Å². The molecule has 0 aromatic heterocycles. The number of benzene rings is 2. The molecule has 2 heterocycles. The van der Waals surface area contributed by atoms with E-state index in [1.165, 1.54) is 6.07 Å². The molecule has 0 aliphatic carbocycles. The third-order valence-electron chi connectivity index (χ3n) is 5.60. The first-order valence-electron chi connectivity index (χ1n) is 10.2. The van der Waals surface area contributed by atoms with E-state index in [4.69, 9.17) is 11.6 Å². The van der Waals surface area contributed by atoms with Gasteiger partial charge in [0, 0.05) is 23.6 Å². The number of carbonyl (C=O) groups is 1. The first-order chi connectivity index (χ1) is 14.4. The molecule has 6 nitrogen and oxygen atoms in total. The van der Waals surface area contributed by atoms with Crippen LogP contribution in [0.25, 0.3) is 0 Å². The van der Waals surface area contributed by atoms with Gasteiger partial charge in [-0.1, -0.05) is 37.1 Å². The molecule has 0 saturated carbocycles. The Morgan fingerprint density at radius 2 is 1.93 bits per heavy atom. The maximum absolute atomic E-state index is 12.9. The molecule has 2 aromatic carbocycles. The zero-order valence-electron chi connectivity index (χ0n) is 16.8. The molecule has 2 aliphatic heterocycles. The molecule has 1 N–H and O–H groups in total. The topological polar surface area (TPSA) is 78.8 Å². The Morgan fingerprint density at radius 3 is 2.67 bits per heavy atom. The molecule has 30 heavy (non-hydrogen) atoms. The summed E-state index contributed by atoms with van der Waals surface area (Å²) >= 11 is 5.96. The van der Waals surface area contributed by atoms with Crippen LogP contribution in [0.4, 0.5) is 5.69 Å². The van der Waals surface area contributed by atoms with Crippen molar-refractivity contribution in [3.63, 3.8) is 0 Å². The maximum atomic E-state index is 12.9. The number of carbonyl (C=O) groups excluding carboxylic acids is 1. The second-order valence-corrected chi connectivity index (χ2v) is 9.62. The average molecular weight is 446 g/mol. The smallest absolute Gasteiger partial charge is 0.286 e. The van der Waals surface area contributed by atoms with Crippen molar-refractivity contribution in [1.29, 1.82) is 0 Å². The van der Waals surface area contributed by atoms with Gasteiger partial charge in [-0.25, -0.2) is 0 Å². The number of hydrogen-bond acceptors (Lipinski definition) is 4. The Labute approximate surface area is 182 Å². The van der Waals surface area contributed by atoms with Crippen molar-refractivity contribution in [3.8, 4) is 0 Å². The van der Waals surface area contributed by atoms with Crippen molar-refractivity contribution in [2.24, 2.45) is 4.40 Å². The first kappa shape index (κ1) is 20.9. The number of nitrogens with one attached hydrogen (secondary N) is 1. The van der Waals surface area contributed by atoms with E-state index in [1.54, 1.807) is 24.3 Å². The van der Waals surface area contributed by atoms with E-state index in [1.807, 2.05) is 24.0 Å². The number of anilines is 1. The van der Waals surface area contributed by atoms with Gasteiger partial charge >= 0.3 is 0 Å². The van der Waals surface area contributed by atoms with Gasteiger partial charge in [0.15, 0.2) is 0 Å². The fourth-order valence-electron chi connectivity index (χ4n) is 3.98. The molecule has 1 atom stereocenters. The number of rotatable bonds is 4. The third kappa shape index (κ3) is 4.09. The molecule has 0 bridgehead atoms. The Bertz CT molecular complexity index is 1100. The monoisotopic (exact) mass is 445 g/mol. The van der Waals surface area contributed by atoms with Crippen molar-refractivity contribution in [3.05, 3.63) is 58.6 Å². The van der Waals surface area contributed by atoms with Crippen LogP contribution < -0.4 is 10.2 Å². The van der Waals surface area contributed by atoms with E-state index in [2.05, 4.69) is 9.71 Å². The largest absolute Gasteiger partial charge is 0.345 e. The van der Waals surface area contributed by atoms with Crippen LogP contribution in [0.1, 0.15) is 61.0 Å². The Balaban J connectivity index is 1.63. The Morgan fingerprint density at radius 1 is 1.17 bits per heavy atom. The maximum Gasteiger partial charge on any atom is 0.286 e. The fraction of sp³-hybridized carbons (Fsp3) is 0.364. The highest BCUT2D eigenvalue weighted by Crippen LogP contribution is 2.35. The number of amides is 1. The highest BCUT2D eigenvalue weighted by molar-refractivity contribution is 7.90. The van der Waals surface area contributed by atoms with Crippen LogP contribution in [0, 0.1) is 0 Å². The minimum absolute atomic E-state index is 0.0975. The Hall–Kier alpha value is -2.38. The van der Waals surface area contributed by atoms with Crippen molar-refractivity contribution < 1.29 is 13.2 Å². The minimum atomic E-state index is -3.82. The predicted octanol–water partition coefficient (Wildman–Crippen LogP) is 4.70. The minimum Gasteiger partial charge on any atom is -0.345 e. The quantitative estimate of drug-likeness (QED) is 0.739. The summed E-state index contributed by atoms with van der Waals surface area (Å²) in [7, 11) is -3.82. The van der Waals surface area contributed by atoms with Gasteiger partial charge in [0.25, 0.3) is 15.9 Å². The molecule has 1 fully saturated rings. The normalized spacial score (nSPS) is 18.5. The second kappa shape index (κ2) is 8.40. The number of fused-ring (bicyclic) bond motifs is 3. The van der Waals surface area contributed by atoms with Gasteiger partial charge in [0.05, 0.1) is 11.7 Å². The second-order valence-electron chi connectivity index (χ2n) is 7.61. The molecule has 2 aromatic rings. The van der Waals surface area contributed by atoms with E-state index in [0.717, 1.165) is 31.4 Å². The van der Waals surface area contributed by atoms with Gasteiger partial charge in [-0.3, -0.25) is 4.79 Å². The number of halogens is 1. The Kier molecular flexibility index (Phi) is 5.84. The number of amidine groups is 1. The molecule has 2 aliphatic rings. The summed E-state index contributed by atoms with van der Waals surface area (Å²) in [6.07, 6.45) is 4.32. The molecule has 8 heteroatoms. The molecular weight excluding hydrogens is 422 g/mol. The lowest BCUT2D eigenvalue weighted by Crippen LogP contribution is -2.35. The van der Waals surface area contributed by atoms with Gasteiger partial charge in [0.2, 0.25) is 0 Å². The van der Waals surface area contributed by atoms with E-state index >= 15 is 0 Å². The highest BCUT2D eigenvalue weighted by atomic mass is 35.5. The van der Waals surface area contributed by atoms with Crippen LogP contribution in [0.15, 0.2) is 51.8 Å². The van der Waals surface area contributed by atoms with Gasteiger partial charge in [-0.05, 0) is 55.2 Å².